The summed E-state index contributed by atoms with van der Waals surface area (Å²) in [6, 6.07) is 0. The first kappa shape index (κ1) is 18.7. The van der Waals surface area contributed by atoms with Crippen molar-refractivity contribution in [2.24, 2.45) is 0 Å². The Morgan fingerprint density at radius 2 is 1.32 bits per heavy atom. The smallest absolute Gasteiger partial charge is 0.201 e. The van der Waals surface area contributed by atoms with Crippen LogP contribution in [0.15, 0.2) is 23.9 Å². The molecule has 0 fully saturated rings. The molecule has 0 bridgehead atoms. The van der Waals surface area contributed by atoms with Crippen LogP contribution in [0.5, 0.6) is 0 Å². The first-order chi connectivity index (χ1) is 10.7. The van der Waals surface area contributed by atoms with Crippen molar-refractivity contribution in [2.75, 3.05) is 6.54 Å². The number of ketones is 2. The molecule has 1 N–H and O–H groups in total. The lowest BCUT2D eigenvalue weighted by Crippen LogP contribution is -2.23. The van der Waals surface area contributed by atoms with Crippen molar-refractivity contribution in [1.82, 2.24) is 5.32 Å². The molecule has 3 heteroatoms. The van der Waals surface area contributed by atoms with Gasteiger partial charge in [0.25, 0.3) is 0 Å². The molecule has 0 aliphatic heterocycles. The van der Waals surface area contributed by atoms with Gasteiger partial charge in [0.15, 0.2) is 5.78 Å². The van der Waals surface area contributed by atoms with E-state index in [-0.39, 0.29) is 11.6 Å². The van der Waals surface area contributed by atoms with Gasteiger partial charge in [0.05, 0.1) is 5.70 Å². The van der Waals surface area contributed by atoms with Gasteiger partial charge in [-0.3, -0.25) is 9.59 Å². The minimum absolute atomic E-state index is 0.0947. The average molecular weight is 305 g/mol. The topological polar surface area (TPSA) is 46.2 Å². The van der Waals surface area contributed by atoms with Crippen molar-refractivity contribution < 1.29 is 9.59 Å². The molecular weight excluding hydrogens is 274 g/mol. The van der Waals surface area contributed by atoms with Crippen molar-refractivity contribution in [1.29, 1.82) is 0 Å². The van der Waals surface area contributed by atoms with Crippen LogP contribution in [0.2, 0.25) is 0 Å². The van der Waals surface area contributed by atoms with Gasteiger partial charge < -0.3 is 5.32 Å². The second kappa shape index (κ2) is 12.2. The molecule has 0 spiro atoms. The number of hydrogen-bond donors (Lipinski definition) is 1. The summed E-state index contributed by atoms with van der Waals surface area (Å²) in [6.07, 6.45) is 18.5. The largest absolute Gasteiger partial charge is 0.382 e. The Balaban J connectivity index is 1.88. The highest BCUT2D eigenvalue weighted by atomic mass is 16.1. The molecule has 0 aromatic carbocycles. The van der Waals surface area contributed by atoms with E-state index in [1.165, 1.54) is 82.4 Å². The molecule has 124 valence electrons. The molecule has 1 aliphatic rings. The van der Waals surface area contributed by atoms with Crippen molar-refractivity contribution in [3.05, 3.63) is 23.9 Å². The van der Waals surface area contributed by atoms with E-state index in [1.807, 2.05) is 0 Å². The molecule has 1 aliphatic carbocycles. The zero-order valence-electron chi connectivity index (χ0n) is 14.0. The first-order valence-corrected chi connectivity index (χ1v) is 8.96. The van der Waals surface area contributed by atoms with Crippen LogP contribution < -0.4 is 5.32 Å². The van der Waals surface area contributed by atoms with Crippen LogP contribution in [0.25, 0.3) is 0 Å². The number of carbonyl (C=O) groups is 2. The molecule has 0 saturated heterocycles. The van der Waals surface area contributed by atoms with E-state index < -0.39 is 0 Å². The van der Waals surface area contributed by atoms with Crippen LogP contribution in [-0.4, -0.2) is 18.1 Å². The van der Waals surface area contributed by atoms with Gasteiger partial charge in [0.2, 0.25) is 5.78 Å². The third kappa shape index (κ3) is 8.81. The number of nitrogens with one attached hydrogen (secondary N) is 1. The fourth-order valence-corrected chi connectivity index (χ4v) is 2.66. The molecule has 0 heterocycles. The van der Waals surface area contributed by atoms with Crippen LogP contribution >= 0.6 is 0 Å². The van der Waals surface area contributed by atoms with E-state index >= 15 is 0 Å². The van der Waals surface area contributed by atoms with Gasteiger partial charge in [0, 0.05) is 12.6 Å². The molecule has 0 saturated carbocycles. The van der Waals surface area contributed by atoms with E-state index in [9.17, 15) is 9.59 Å². The van der Waals surface area contributed by atoms with E-state index in [0.717, 1.165) is 13.0 Å². The summed E-state index contributed by atoms with van der Waals surface area (Å²) < 4.78 is 0. The number of rotatable bonds is 13. The Bertz CT molecular complexity index is 396. The molecule has 0 aromatic rings. The maximum Gasteiger partial charge on any atom is 0.201 e. The highest BCUT2D eigenvalue weighted by Crippen LogP contribution is 2.11. The highest BCUT2D eigenvalue weighted by Gasteiger charge is 2.11. The zero-order valence-corrected chi connectivity index (χ0v) is 14.0. The minimum Gasteiger partial charge on any atom is -0.382 e. The van der Waals surface area contributed by atoms with Crippen molar-refractivity contribution in [3.63, 3.8) is 0 Å². The second-order valence-electron chi connectivity index (χ2n) is 6.12. The third-order valence-corrected chi connectivity index (χ3v) is 4.05. The Hall–Kier alpha value is -1.38. The average Bonchev–Trinajstić information content (AvgIpc) is 2.51. The fourth-order valence-electron chi connectivity index (χ4n) is 2.66. The van der Waals surface area contributed by atoms with E-state index in [0.29, 0.717) is 5.70 Å². The molecule has 0 amide bonds. The molecule has 1 rings (SSSR count). The zero-order chi connectivity index (χ0) is 16.0. The highest BCUT2D eigenvalue weighted by molar-refractivity contribution is 6.16. The van der Waals surface area contributed by atoms with E-state index in [2.05, 4.69) is 12.2 Å². The molecular formula is C19H31NO2. The minimum atomic E-state index is -0.110. The standard InChI is InChI=1S/C19H31NO2/c1-2-3-4-5-6-7-8-9-10-11-12-15-20-18-16-17(21)13-14-19(18)22/h13-14,16,20H,2-12,15H2,1H3. The van der Waals surface area contributed by atoms with Gasteiger partial charge in [-0.15, -0.1) is 0 Å². The summed E-state index contributed by atoms with van der Waals surface area (Å²) in [5.41, 5.74) is 0.444. The molecule has 0 atom stereocenters. The molecule has 0 radical (unpaired) electrons. The SMILES string of the molecule is CCCCCCCCCCCCCNC1=CC(=O)C=CC1=O. The third-order valence-electron chi connectivity index (χ3n) is 4.05. The van der Waals surface area contributed by atoms with E-state index in [1.54, 1.807) is 0 Å². The summed E-state index contributed by atoms with van der Waals surface area (Å²) in [7, 11) is 0. The number of allylic oxidation sites excluding steroid dienone is 3. The Morgan fingerprint density at radius 3 is 1.91 bits per heavy atom. The van der Waals surface area contributed by atoms with Crippen LogP contribution in [0.1, 0.15) is 77.6 Å². The summed E-state index contributed by atoms with van der Waals surface area (Å²) in [4.78, 5) is 22.7. The number of hydrogen-bond acceptors (Lipinski definition) is 3. The normalized spacial score (nSPS) is 14.3. The van der Waals surface area contributed by atoms with Gasteiger partial charge in [-0.2, -0.15) is 0 Å². The van der Waals surface area contributed by atoms with Crippen molar-refractivity contribution >= 4 is 11.6 Å². The van der Waals surface area contributed by atoms with Gasteiger partial charge in [-0.05, 0) is 18.6 Å². The van der Waals surface area contributed by atoms with Gasteiger partial charge in [0.1, 0.15) is 0 Å². The van der Waals surface area contributed by atoms with Crippen LogP contribution in [0.3, 0.4) is 0 Å². The maximum atomic E-state index is 11.5. The second-order valence-corrected chi connectivity index (χ2v) is 6.12. The van der Waals surface area contributed by atoms with Gasteiger partial charge in [-0.25, -0.2) is 0 Å². The van der Waals surface area contributed by atoms with Crippen molar-refractivity contribution in [3.8, 4) is 0 Å². The predicted octanol–water partition coefficient (Wildman–Crippen LogP) is 4.48. The predicted molar refractivity (Wildman–Crippen MR) is 91.7 cm³/mol. The van der Waals surface area contributed by atoms with E-state index in [4.69, 9.17) is 0 Å². The molecule has 3 nitrogen and oxygen atoms in total. The molecule has 0 aromatic heterocycles. The van der Waals surface area contributed by atoms with Gasteiger partial charge in [-0.1, -0.05) is 71.1 Å². The Labute approximate surface area is 135 Å². The quantitative estimate of drug-likeness (QED) is 0.403. The fraction of sp³-hybridized carbons (Fsp3) is 0.684. The lowest BCUT2D eigenvalue weighted by atomic mass is 10.1. The molecule has 22 heavy (non-hydrogen) atoms. The molecule has 0 unspecified atom stereocenters. The maximum absolute atomic E-state index is 11.5. The summed E-state index contributed by atoms with van der Waals surface area (Å²) >= 11 is 0. The van der Waals surface area contributed by atoms with Crippen LogP contribution in [0, 0.1) is 0 Å². The number of carbonyl (C=O) groups excluding carboxylic acids is 2. The monoisotopic (exact) mass is 305 g/mol. The van der Waals surface area contributed by atoms with Crippen LogP contribution in [0.4, 0.5) is 0 Å². The Kier molecular flexibility index (Phi) is 10.3. The van der Waals surface area contributed by atoms with Crippen molar-refractivity contribution in [2.45, 2.75) is 77.6 Å². The summed E-state index contributed by atoms with van der Waals surface area (Å²) in [5.74, 6) is -0.205. The lowest BCUT2D eigenvalue weighted by Gasteiger charge is -2.10. The van der Waals surface area contributed by atoms with Gasteiger partial charge >= 0.3 is 0 Å². The first-order valence-electron chi connectivity index (χ1n) is 8.96. The number of unbranched alkanes of at least 4 members (excludes halogenated alkanes) is 10. The van der Waals surface area contributed by atoms with Crippen LogP contribution in [-0.2, 0) is 9.59 Å². The lowest BCUT2D eigenvalue weighted by molar-refractivity contribution is -0.114. The summed E-state index contributed by atoms with van der Waals surface area (Å²) in [6.45, 7) is 3.03. The summed E-state index contributed by atoms with van der Waals surface area (Å²) in [5, 5.41) is 3.07. The Morgan fingerprint density at radius 1 is 0.773 bits per heavy atom.